The molecule has 0 bridgehead atoms. The van der Waals surface area contributed by atoms with Crippen molar-refractivity contribution in [2.75, 3.05) is 0 Å². The summed E-state index contributed by atoms with van der Waals surface area (Å²) in [6.07, 6.45) is 18.8. The Balaban J connectivity index is 3.41. The van der Waals surface area contributed by atoms with Gasteiger partial charge >= 0.3 is 0 Å². The molecule has 0 saturated carbocycles. The van der Waals surface area contributed by atoms with E-state index in [0.717, 1.165) is 5.92 Å². The molecule has 1 atom stereocenters. The van der Waals surface area contributed by atoms with Gasteiger partial charge in [0, 0.05) is 0 Å². The third-order valence-corrected chi connectivity index (χ3v) is 4.77. The van der Waals surface area contributed by atoms with Gasteiger partial charge in [-0.25, -0.2) is 0 Å². The van der Waals surface area contributed by atoms with Crippen LogP contribution < -0.4 is 0 Å². The number of unbranched alkanes of at least 4 members (excludes halogenated alkanes) is 9. The standard InChI is InChI=1S/C20H42/c1-6-8-9-10-11-12-13-14-15-16-18-19(17-7-2)20(3,4)5/h19H,6-18H2,1-5H3. The lowest BCUT2D eigenvalue weighted by molar-refractivity contribution is 0.205. The third kappa shape index (κ3) is 11.8. The van der Waals surface area contributed by atoms with Crippen molar-refractivity contribution in [3.63, 3.8) is 0 Å². The minimum absolute atomic E-state index is 0.509. The fourth-order valence-corrected chi connectivity index (χ4v) is 3.24. The molecule has 0 aromatic carbocycles. The van der Waals surface area contributed by atoms with Crippen LogP contribution >= 0.6 is 0 Å². The predicted molar refractivity (Wildman–Crippen MR) is 94.3 cm³/mol. The fraction of sp³-hybridized carbons (Fsp3) is 1.00. The molecule has 0 radical (unpaired) electrons. The average Bonchev–Trinajstić information content (AvgIpc) is 2.38. The molecule has 20 heavy (non-hydrogen) atoms. The molecule has 0 heteroatoms. The second-order valence-corrected chi connectivity index (χ2v) is 7.82. The van der Waals surface area contributed by atoms with Crippen LogP contribution in [-0.4, -0.2) is 0 Å². The largest absolute Gasteiger partial charge is 0.0654 e. The first kappa shape index (κ1) is 20.0. The van der Waals surface area contributed by atoms with Crippen LogP contribution in [0.25, 0.3) is 0 Å². The third-order valence-electron chi connectivity index (χ3n) is 4.77. The van der Waals surface area contributed by atoms with Gasteiger partial charge in [-0.3, -0.25) is 0 Å². The van der Waals surface area contributed by atoms with E-state index in [2.05, 4.69) is 34.6 Å². The second kappa shape index (κ2) is 12.7. The van der Waals surface area contributed by atoms with Crippen molar-refractivity contribution in [2.45, 2.75) is 118 Å². The molecular formula is C20H42. The molecule has 0 amide bonds. The Labute approximate surface area is 130 Å². The Morgan fingerprint density at radius 2 is 1.00 bits per heavy atom. The van der Waals surface area contributed by atoms with Crippen molar-refractivity contribution in [2.24, 2.45) is 11.3 Å². The summed E-state index contributed by atoms with van der Waals surface area (Å²) in [7, 11) is 0. The summed E-state index contributed by atoms with van der Waals surface area (Å²) in [5.74, 6) is 0.932. The van der Waals surface area contributed by atoms with Crippen molar-refractivity contribution in [1.82, 2.24) is 0 Å². The molecule has 122 valence electrons. The summed E-state index contributed by atoms with van der Waals surface area (Å²) in [5, 5.41) is 0. The van der Waals surface area contributed by atoms with Gasteiger partial charge in [0.1, 0.15) is 0 Å². The van der Waals surface area contributed by atoms with Crippen LogP contribution in [0.4, 0.5) is 0 Å². The zero-order valence-corrected chi connectivity index (χ0v) is 15.3. The fourth-order valence-electron chi connectivity index (χ4n) is 3.24. The lowest BCUT2D eigenvalue weighted by Crippen LogP contribution is -2.20. The van der Waals surface area contributed by atoms with Crippen molar-refractivity contribution in [3.05, 3.63) is 0 Å². The van der Waals surface area contributed by atoms with Crippen molar-refractivity contribution < 1.29 is 0 Å². The van der Waals surface area contributed by atoms with Crippen LogP contribution in [0.15, 0.2) is 0 Å². The molecule has 0 aliphatic carbocycles. The van der Waals surface area contributed by atoms with E-state index in [1.165, 1.54) is 83.5 Å². The predicted octanol–water partition coefficient (Wildman–Crippen LogP) is 7.76. The van der Waals surface area contributed by atoms with Crippen molar-refractivity contribution in [1.29, 1.82) is 0 Å². The normalized spacial score (nSPS) is 13.7. The Morgan fingerprint density at radius 3 is 1.40 bits per heavy atom. The van der Waals surface area contributed by atoms with Crippen LogP contribution in [0, 0.1) is 11.3 Å². The molecular weight excluding hydrogens is 240 g/mol. The maximum atomic E-state index is 2.42. The summed E-state index contributed by atoms with van der Waals surface area (Å²) in [6.45, 7) is 11.9. The van der Waals surface area contributed by atoms with Gasteiger partial charge in [-0.1, -0.05) is 112 Å². The van der Waals surface area contributed by atoms with Crippen LogP contribution in [0.5, 0.6) is 0 Å². The minimum Gasteiger partial charge on any atom is -0.0654 e. The molecule has 0 spiro atoms. The van der Waals surface area contributed by atoms with Crippen LogP contribution in [0.3, 0.4) is 0 Å². The monoisotopic (exact) mass is 282 g/mol. The summed E-state index contributed by atoms with van der Waals surface area (Å²) >= 11 is 0. The number of hydrogen-bond acceptors (Lipinski definition) is 0. The zero-order chi connectivity index (χ0) is 15.3. The van der Waals surface area contributed by atoms with Crippen LogP contribution in [-0.2, 0) is 0 Å². The Morgan fingerprint density at radius 1 is 0.550 bits per heavy atom. The molecule has 0 nitrogen and oxygen atoms in total. The summed E-state index contributed by atoms with van der Waals surface area (Å²) in [4.78, 5) is 0. The maximum Gasteiger partial charge on any atom is -0.0354 e. The van der Waals surface area contributed by atoms with E-state index in [0.29, 0.717) is 5.41 Å². The molecule has 0 aliphatic heterocycles. The lowest BCUT2D eigenvalue weighted by atomic mass is 9.75. The Kier molecular flexibility index (Phi) is 12.7. The minimum atomic E-state index is 0.509. The van der Waals surface area contributed by atoms with E-state index >= 15 is 0 Å². The van der Waals surface area contributed by atoms with Crippen LogP contribution in [0.2, 0.25) is 0 Å². The highest BCUT2D eigenvalue weighted by atomic mass is 14.3. The molecule has 0 aromatic heterocycles. The molecule has 0 rings (SSSR count). The van der Waals surface area contributed by atoms with Gasteiger partial charge in [0.2, 0.25) is 0 Å². The maximum absolute atomic E-state index is 2.42. The molecule has 1 unspecified atom stereocenters. The van der Waals surface area contributed by atoms with E-state index in [1.54, 1.807) is 0 Å². The van der Waals surface area contributed by atoms with Crippen LogP contribution in [0.1, 0.15) is 118 Å². The number of hydrogen-bond donors (Lipinski definition) is 0. The van der Waals surface area contributed by atoms with E-state index in [4.69, 9.17) is 0 Å². The summed E-state index contributed by atoms with van der Waals surface area (Å²) in [6, 6.07) is 0. The first-order valence-corrected chi connectivity index (χ1v) is 9.52. The molecule has 0 heterocycles. The molecule has 0 N–H and O–H groups in total. The SMILES string of the molecule is CCCCCCCCCCCCC(CCC)C(C)(C)C. The van der Waals surface area contributed by atoms with Crippen molar-refractivity contribution >= 4 is 0 Å². The molecule has 0 fully saturated rings. The lowest BCUT2D eigenvalue weighted by Gasteiger charge is -2.30. The van der Waals surface area contributed by atoms with Gasteiger partial charge in [-0.2, -0.15) is 0 Å². The second-order valence-electron chi connectivity index (χ2n) is 7.82. The summed E-state index contributed by atoms with van der Waals surface area (Å²) < 4.78 is 0. The van der Waals surface area contributed by atoms with E-state index < -0.39 is 0 Å². The van der Waals surface area contributed by atoms with Gasteiger partial charge in [0.15, 0.2) is 0 Å². The topological polar surface area (TPSA) is 0 Å². The molecule has 0 aromatic rings. The van der Waals surface area contributed by atoms with E-state index in [1.807, 2.05) is 0 Å². The van der Waals surface area contributed by atoms with Crippen molar-refractivity contribution in [3.8, 4) is 0 Å². The molecule has 0 aliphatic rings. The quantitative estimate of drug-likeness (QED) is 0.303. The molecule has 0 saturated heterocycles. The Hall–Kier alpha value is 0. The van der Waals surface area contributed by atoms with Gasteiger partial charge in [-0.05, 0) is 17.8 Å². The first-order valence-electron chi connectivity index (χ1n) is 9.52. The Bertz CT molecular complexity index is 187. The average molecular weight is 283 g/mol. The highest BCUT2D eigenvalue weighted by molar-refractivity contribution is 4.73. The summed E-state index contributed by atoms with van der Waals surface area (Å²) in [5.41, 5.74) is 0.509. The highest BCUT2D eigenvalue weighted by Gasteiger charge is 2.22. The first-order chi connectivity index (χ1) is 9.52. The highest BCUT2D eigenvalue weighted by Crippen LogP contribution is 2.33. The smallest absolute Gasteiger partial charge is 0.0354 e. The van der Waals surface area contributed by atoms with Gasteiger partial charge < -0.3 is 0 Å². The van der Waals surface area contributed by atoms with Gasteiger partial charge in [-0.15, -0.1) is 0 Å². The van der Waals surface area contributed by atoms with Gasteiger partial charge in [0.05, 0.1) is 0 Å². The van der Waals surface area contributed by atoms with E-state index in [9.17, 15) is 0 Å². The zero-order valence-electron chi connectivity index (χ0n) is 15.3. The van der Waals surface area contributed by atoms with Gasteiger partial charge in [0.25, 0.3) is 0 Å². The van der Waals surface area contributed by atoms with E-state index in [-0.39, 0.29) is 0 Å². The number of rotatable bonds is 13.